The van der Waals surface area contributed by atoms with E-state index in [4.69, 9.17) is 13.9 Å². The van der Waals surface area contributed by atoms with E-state index in [0.29, 0.717) is 17.2 Å². The number of anilines is 1. The SMILES string of the molecule is COC(=O)C1=C(C)NC(C)=C([N+](=O)[O-])C1c1cc(CCCCCN2CCN(c3ccccc3OC)CC2)co1. The molecule has 1 saturated heterocycles. The number of hydrogen-bond acceptors (Lipinski definition) is 9. The highest BCUT2D eigenvalue weighted by molar-refractivity contribution is 5.92. The Bertz CT molecular complexity index is 1240. The van der Waals surface area contributed by atoms with Crippen LogP contribution in [0.3, 0.4) is 0 Å². The average molecular weight is 539 g/mol. The number of piperazine rings is 1. The first-order chi connectivity index (χ1) is 18.8. The maximum atomic E-state index is 12.5. The topological polar surface area (TPSA) is 110 Å². The summed E-state index contributed by atoms with van der Waals surface area (Å²) in [6.45, 7) is 8.43. The van der Waals surface area contributed by atoms with Crippen LogP contribution in [-0.4, -0.2) is 62.7 Å². The zero-order valence-corrected chi connectivity index (χ0v) is 23.2. The second-order valence-electron chi connectivity index (χ2n) is 10.0. The second-order valence-corrected chi connectivity index (χ2v) is 10.0. The molecular weight excluding hydrogens is 500 g/mol. The van der Waals surface area contributed by atoms with Gasteiger partial charge in [-0.2, -0.15) is 0 Å². The molecule has 4 rings (SSSR count). The molecular formula is C29H38N4O6. The summed E-state index contributed by atoms with van der Waals surface area (Å²) in [7, 11) is 2.98. The van der Waals surface area contributed by atoms with Gasteiger partial charge in [0.2, 0.25) is 0 Å². The van der Waals surface area contributed by atoms with Gasteiger partial charge < -0.3 is 24.1 Å². The predicted octanol–water partition coefficient (Wildman–Crippen LogP) is 4.47. The van der Waals surface area contributed by atoms with Crippen LogP contribution < -0.4 is 15.0 Å². The molecule has 10 heteroatoms. The Morgan fingerprint density at radius 1 is 1.10 bits per heavy atom. The van der Waals surface area contributed by atoms with Gasteiger partial charge in [0.15, 0.2) is 0 Å². The third-order valence-electron chi connectivity index (χ3n) is 7.52. The quantitative estimate of drug-likeness (QED) is 0.192. The first-order valence-corrected chi connectivity index (χ1v) is 13.4. The van der Waals surface area contributed by atoms with Crippen LogP contribution in [0.2, 0.25) is 0 Å². The number of nitrogens with one attached hydrogen (secondary N) is 1. The molecule has 10 nitrogen and oxygen atoms in total. The molecule has 39 heavy (non-hydrogen) atoms. The van der Waals surface area contributed by atoms with Crippen LogP contribution in [0, 0.1) is 10.1 Å². The number of carbonyl (C=O) groups excluding carboxylic acids is 1. The van der Waals surface area contributed by atoms with Crippen LogP contribution >= 0.6 is 0 Å². The van der Waals surface area contributed by atoms with E-state index in [1.807, 2.05) is 24.3 Å². The highest BCUT2D eigenvalue weighted by atomic mass is 16.6. The zero-order chi connectivity index (χ0) is 27.9. The highest BCUT2D eigenvalue weighted by Crippen LogP contribution is 2.39. The Kier molecular flexibility index (Phi) is 9.29. The standard InChI is InChI=1S/C29H38N4O6/c1-20-26(29(34)38-4)27(28(33(35)36)21(2)30-20)25-18-22(19-39-25)10-6-5-9-13-31-14-16-32(17-15-31)23-11-7-8-12-24(23)37-3/h7-8,11-12,18-19,27,30H,5-6,9-10,13-17H2,1-4H3. The second kappa shape index (κ2) is 12.8. The minimum Gasteiger partial charge on any atom is -0.495 e. The Labute approximate surface area is 229 Å². The van der Waals surface area contributed by atoms with Gasteiger partial charge in [-0.05, 0) is 63.4 Å². The molecule has 1 fully saturated rings. The van der Waals surface area contributed by atoms with E-state index in [1.165, 1.54) is 7.11 Å². The van der Waals surface area contributed by atoms with Crippen LogP contribution in [0.15, 0.2) is 63.7 Å². The largest absolute Gasteiger partial charge is 0.495 e. The van der Waals surface area contributed by atoms with E-state index in [-0.39, 0.29) is 11.3 Å². The highest BCUT2D eigenvalue weighted by Gasteiger charge is 2.42. The smallest absolute Gasteiger partial charge is 0.336 e. The van der Waals surface area contributed by atoms with Crippen LogP contribution in [0.25, 0.3) is 0 Å². The van der Waals surface area contributed by atoms with E-state index >= 15 is 0 Å². The van der Waals surface area contributed by atoms with Crippen molar-refractivity contribution < 1.29 is 23.6 Å². The number of nitro groups is 1. The summed E-state index contributed by atoms with van der Waals surface area (Å²) < 4.78 is 16.2. The first kappa shape index (κ1) is 28.2. The van der Waals surface area contributed by atoms with Crippen LogP contribution in [0.1, 0.15) is 50.4 Å². The molecule has 0 amide bonds. The summed E-state index contributed by atoms with van der Waals surface area (Å²) in [5.74, 6) is -0.234. The molecule has 0 saturated carbocycles. The number of furan rings is 1. The number of dihydropyridines is 1. The van der Waals surface area contributed by atoms with Gasteiger partial charge in [0, 0.05) is 31.9 Å². The summed E-state index contributed by atoms with van der Waals surface area (Å²) >= 11 is 0. The van der Waals surface area contributed by atoms with Crippen LogP contribution in [0.5, 0.6) is 5.75 Å². The maximum absolute atomic E-state index is 12.5. The molecule has 0 aliphatic carbocycles. The Morgan fingerprint density at radius 3 is 2.54 bits per heavy atom. The van der Waals surface area contributed by atoms with Gasteiger partial charge >= 0.3 is 5.97 Å². The number of aryl methyl sites for hydroxylation is 1. The molecule has 0 spiro atoms. The summed E-state index contributed by atoms with van der Waals surface area (Å²) in [6, 6.07) is 10.0. The van der Waals surface area contributed by atoms with Crippen molar-refractivity contribution >= 4 is 11.7 Å². The van der Waals surface area contributed by atoms with Gasteiger partial charge in [-0.25, -0.2) is 4.79 Å². The van der Waals surface area contributed by atoms with E-state index in [1.54, 1.807) is 27.2 Å². The Balaban J connectivity index is 1.27. The summed E-state index contributed by atoms with van der Waals surface area (Å²) in [4.78, 5) is 28.8. The monoisotopic (exact) mass is 538 g/mol. The lowest BCUT2D eigenvalue weighted by molar-refractivity contribution is -0.431. The van der Waals surface area contributed by atoms with Gasteiger partial charge in [0.25, 0.3) is 5.70 Å². The number of allylic oxidation sites excluding steroid dienone is 3. The molecule has 210 valence electrons. The van der Waals surface area contributed by atoms with Crippen LogP contribution in [0.4, 0.5) is 5.69 Å². The molecule has 1 unspecified atom stereocenters. The van der Waals surface area contributed by atoms with Gasteiger partial charge in [-0.1, -0.05) is 18.6 Å². The number of benzene rings is 1. The number of nitrogens with zero attached hydrogens (tertiary/aromatic N) is 3. The molecule has 1 N–H and O–H groups in total. The zero-order valence-electron chi connectivity index (χ0n) is 23.2. The molecule has 2 aliphatic rings. The molecule has 2 aliphatic heterocycles. The van der Waals surface area contributed by atoms with Gasteiger partial charge in [-0.15, -0.1) is 0 Å². The lowest BCUT2D eigenvalue weighted by Crippen LogP contribution is -2.46. The third-order valence-corrected chi connectivity index (χ3v) is 7.52. The molecule has 1 atom stereocenters. The first-order valence-electron chi connectivity index (χ1n) is 13.4. The van der Waals surface area contributed by atoms with Crippen molar-refractivity contribution in [2.24, 2.45) is 0 Å². The normalized spacial score (nSPS) is 18.3. The minimum atomic E-state index is -0.919. The fraction of sp³-hybridized carbons (Fsp3) is 0.483. The van der Waals surface area contributed by atoms with Crippen molar-refractivity contribution in [3.63, 3.8) is 0 Å². The van der Waals surface area contributed by atoms with E-state index in [2.05, 4.69) is 21.2 Å². The number of carbonyl (C=O) groups is 1. The number of methoxy groups -OCH3 is 2. The number of esters is 1. The maximum Gasteiger partial charge on any atom is 0.336 e. The van der Waals surface area contributed by atoms with Crippen molar-refractivity contribution in [1.82, 2.24) is 10.2 Å². The van der Waals surface area contributed by atoms with Gasteiger partial charge in [0.05, 0.1) is 42.4 Å². The molecule has 2 aromatic rings. The molecule has 0 radical (unpaired) electrons. The molecule has 1 aromatic carbocycles. The lowest BCUT2D eigenvalue weighted by atomic mass is 9.87. The Hall–Kier alpha value is -3.79. The lowest BCUT2D eigenvalue weighted by Gasteiger charge is -2.36. The number of rotatable bonds is 11. The summed E-state index contributed by atoms with van der Waals surface area (Å²) in [5, 5.41) is 14.8. The number of para-hydroxylation sites is 2. The minimum absolute atomic E-state index is 0.104. The Morgan fingerprint density at radius 2 is 1.85 bits per heavy atom. The van der Waals surface area contributed by atoms with Crippen molar-refractivity contribution in [2.45, 2.75) is 45.4 Å². The fourth-order valence-corrected chi connectivity index (χ4v) is 5.50. The van der Waals surface area contributed by atoms with Crippen molar-refractivity contribution in [1.29, 1.82) is 0 Å². The molecule has 3 heterocycles. The van der Waals surface area contributed by atoms with E-state index in [9.17, 15) is 14.9 Å². The van der Waals surface area contributed by atoms with Gasteiger partial charge in [0.1, 0.15) is 17.4 Å². The molecule has 0 bridgehead atoms. The van der Waals surface area contributed by atoms with Crippen molar-refractivity contribution in [3.05, 3.63) is 80.7 Å². The van der Waals surface area contributed by atoms with Crippen LogP contribution in [-0.2, 0) is 16.0 Å². The number of hydrogen-bond donors (Lipinski definition) is 1. The molecule has 1 aromatic heterocycles. The van der Waals surface area contributed by atoms with Gasteiger partial charge in [-0.3, -0.25) is 15.0 Å². The average Bonchev–Trinajstić information content (AvgIpc) is 3.41. The van der Waals surface area contributed by atoms with E-state index in [0.717, 1.165) is 75.4 Å². The summed E-state index contributed by atoms with van der Waals surface area (Å²) in [6.07, 6.45) is 5.62. The van der Waals surface area contributed by atoms with Crippen molar-refractivity contribution in [3.8, 4) is 5.75 Å². The number of ether oxygens (including phenoxy) is 2. The third kappa shape index (κ3) is 6.44. The number of unbranched alkanes of at least 4 members (excludes halogenated alkanes) is 2. The van der Waals surface area contributed by atoms with Crippen molar-refractivity contribution in [2.75, 3.05) is 51.8 Å². The van der Waals surface area contributed by atoms with E-state index < -0.39 is 16.8 Å². The summed E-state index contributed by atoms with van der Waals surface area (Å²) in [5.41, 5.74) is 3.13. The predicted molar refractivity (Wildman–Crippen MR) is 148 cm³/mol. The fourth-order valence-electron chi connectivity index (χ4n) is 5.50.